The first-order valence-corrected chi connectivity index (χ1v) is 13.1. The van der Waals surface area contributed by atoms with E-state index in [2.05, 4.69) is 5.32 Å². The van der Waals surface area contributed by atoms with Crippen LogP contribution in [0.15, 0.2) is 94.7 Å². The van der Waals surface area contributed by atoms with Crippen LogP contribution in [0, 0.1) is 6.92 Å². The molecule has 0 aliphatic heterocycles. The minimum absolute atomic E-state index is 0.0931. The minimum Gasteiger partial charge on any atom is -0.449 e. The molecule has 0 fully saturated rings. The Balaban J connectivity index is 1.34. The Kier molecular flexibility index (Phi) is 7.48. The number of fused-ring (bicyclic) bond motifs is 3. The number of benzene rings is 4. The largest absolute Gasteiger partial charge is 0.449 e. The van der Waals surface area contributed by atoms with Gasteiger partial charge in [-0.2, -0.15) is 13.2 Å². The second kappa shape index (κ2) is 11.0. The van der Waals surface area contributed by atoms with Crippen LogP contribution in [0.4, 0.5) is 18.0 Å². The van der Waals surface area contributed by atoms with Gasteiger partial charge in [-0.05, 0) is 58.5 Å². The van der Waals surface area contributed by atoms with Crippen molar-refractivity contribution in [3.8, 4) is 11.1 Å². The molecule has 1 aliphatic carbocycles. The molecule has 0 bridgehead atoms. The fourth-order valence-corrected chi connectivity index (χ4v) is 5.97. The zero-order chi connectivity index (χ0) is 27.6. The predicted molar refractivity (Wildman–Crippen MR) is 144 cm³/mol. The zero-order valence-electron chi connectivity index (χ0n) is 20.9. The molecule has 198 valence electrons. The summed E-state index contributed by atoms with van der Waals surface area (Å²) in [5.41, 5.74) is 4.61. The number of ether oxygens (including phenoxy) is 1. The van der Waals surface area contributed by atoms with Crippen LogP contribution in [0.3, 0.4) is 0 Å². The molecule has 1 amide bonds. The van der Waals surface area contributed by atoms with Crippen molar-refractivity contribution < 1.29 is 27.5 Å². The van der Waals surface area contributed by atoms with Gasteiger partial charge in [-0.3, -0.25) is 4.79 Å². The number of hydrogen-bond acceptors (Lipinski definition) is 4. The Morgan fingerprint density at radius 1 is 0.949 bits per heavy atom. The van der Waals surface area contributed by atoms with E-state index in [1.54, 1.807) is 31.2 Å². The molecule has 4 aromatic carbocycles. The van der Waals surface area contributed by atoms with Crippen molar-refractivity contribution in [2.24, 2.45) is 0 Å². The third kappa shape index (κ3) is 5.56. The van der Waals surface area contributed by atoms with Gasteiger partial charge in [0.15, 0.2) is 6.29 Å². The summed E-state index contributed by atoms with van der Waals surface area (Å²) >= 11 is 1.19. The lowest BCUT2D eigenvalue weighted by Gasteiger charge is -2.18. The molecular weight excluding hydrogens is 523 g/mol. The lowest BCUT2D eigenvalue weighted by Crippen LogP contribution is -2.26. The Labute approximate surface area is 228 Å². The topological polar surface area (TPSA) is 55.4 Å². The molecule has 4 nitrogen and oxygen atoms in total. The standard InChI is InChI=1S/C31H24F3NO3S/c1-19-14-22(31(32,33)34)15-21(29(19)39-28-13-7-2-8-20(28)17-36)16-35-30(37)38-18-27-25-11-5-3-9-23(25)24-10-4-6-12-26(24)27/h2-15,17,27H,16,18H2,1H3,(H,35,37). The van der Waals surface area contributed by atoms with E-state index in [4.69, 9.17) is 4.74 Å². The number of alkyl halides is 3. The monoisotopic (exact) mass is 547 g/mol. The highest BCUT2D eigenvalue weighted by Crippen LogP contribution is 2.44. The van der Waals surface area contributed by atoms with Crippen LogP contribution < -0.4 is 5.32 Å². The van der Waals surface area contributed by atoms with Crippen LogP contribution in [-0.2, 0) is 17.5 Å². The molecular formula is C31H24F3NO3S. The van der Waals surface area contributed by atoms with Gasteiger partial charge in [0.2, 0.25) is 0 Å². The summed E-state index contributed by atoms with van der Waals surface area (Å²) in [6.07, 6.45) is -4.57. The molecule has 0 spiro atoms. The van der Waals surface area contributed by atoms with Gasteiger partial charge in [0.25, 0.3) is 0 Å². The number of nitrogens with one attached hydrogen (secondary N) is 1. The van der Waals surface area contributed by atoms with Gasteiger partial charge in [0.05, 0.1) is 5.56 Å². The summed E-state index contributed by atoms with van der Waals surface area (Å²) in [4.78, 5) is 25.4. The Bertz CT molecular complexity index is 1510. The molecule has 0 saturated heterocycles. The molecule has 0 unspecified atom stereocenters. The second-order valence-corrected chi connectivity index (χ2v) is 10.3. The van der Waals surface area contributed by atoms with E-state index < -0.39 is 17.8 Å². The molecule has 1 aliphatic rings. The maximum Gasteiger partial charge on any atom is 0.416 e. The lowest BCUT2D eigenvalue weighted by molar-refractivity contribution is -0.137. The van der Waals surface area contributed by atoms with Crippen LogP contribution in [0.2, 0.25) is 0 Å². The Hall–Kier alpha value is -4.04. The van der Waals surface area contributed by atoms with Gasteiger partial charge in [-0.25, -0.2) is 4.79 Å². The van der Waals surface area contributed by atoms with Gasteiger partial charge in [0.1, 0.15) is 6.61 Å². The number of halogens is 3. The molecule has 1 N–H and O–H groups in total. The lowest BCUT2D eigenvalue weighted by atomic mass is 9.98. The smallest absolute Gasteiger partial charge is 0.416 e. The summed E-state index contributed by atoms with van der Waals surface area (Å²) in [5.74, 6) is -0.134. The molecule has 0 heterocycles. The van der Waals surface area contributed by atoms with Crippen molar-refractivity contribution in [1.29, 1.82) is 0 Å². The van der Waals surface area contributed by atoms with Crippen molar-refractivity contribution in [3.63, 3.8) is 0 Å². The van der Waals surface area contributed by atoms with Crippen molar-refractivity contribution in [2.45, 2.75) is 35.4 Å². The highest BCUT2D eigenvalue weighted by atomic mass is 32.2. The molecule has 0 aromatic heterocycles. The van der Waals surface area contributed by atoms with Crippen LogP contribution in [0.25, 0.3) is 11.1 Å². The summed E-state index contributed by atoms with van der Waals surface area (Å²) < 4.78 is 46.3. The van der Waals surface area contributed by atoms with Crippen LogP contribution in [-0.4, -0.2) is 19.0 Å². The number of aryl methyl sites for hydroxylation is 1. The fourth-order valence-electron chi connectivity index (χ4n) is 4.89. The average molecular weight is 548 g/mol. The number of alkyl carbamates (subject to hydrolysis) is 1. The first-order valence-electron chi connectivity index (χ1n) is 12.3. The minimum atomic E-state index is -4.55. The number of carbonyl (C=O) groups excluding carboxylic acids is 2. The van der Waals surface area contributed by atoms with Crippen molar-refractivity contribution >= 4 is 24.1 Å². The van der Waals surface area contributed by atoms with E-state index in [1.807, 2.05) is 48.5 Å². The number of carbonyl (C=O) groups is 2. The number of amides is 1. The van der Waals surface area contributed by atoms with Gasteiger partial charge in [0, 0.05) is 27.8 Å². The number of hydrogen-bond donors (Lipinski definition) is 1. The van der Waals surface area contributed by atoms with Crippen LogP contribution >= 0.6 is 11.8 Å². The normalized spacial score (nSPS) is 12.5. The molecule has 5 rings (SSSR count). The number of rotatable bonds is 7. The number of aldehydes is 1. The van der Waals surface area contributed by atoms with E-state index in [-0.39, 0.29) is 24.6 Å². The van der Waals surface area contributed by atoms with Gasteiger partial charge < -0.3 is 10.1 Å². The summed E-state index contributed by atoms with van der Waals surface area (Å²) in [7, 11) is 0. The Morgan fingerprint density at radius 2 is 1.56 bits per heavy atom. The van der Waals surface area contributed by atoms with Crippen molar-refractivity contribution in [1.82, 2.24) is 5.32 Å². The molecule has 8 heteroatoms. The van der Waals surface area contributed by atoms with Crippen LogP contribution in [0.1, 0.15) is 44.1 Å². The first-order chi connectivity index (χ1) is 18.8. The van der Waals surface area contributed by atoms with E-state index in [0.29, 0.717) is 27.2 Å². The van der Waals surface area contributed by atoms with E-state index in [1.165, 1.54) is 11.8 Å². The SMILES string of the molecule is Cc1cc(C(F)(F)F)cc(CNC(=O)OCC2c3ccccc3-c3ccccc32)c1Sc1ccccc1C=O. The third-order valence-electron chi connectivity index (χ3n) is 6.70. The fraction of sp³-hybridized carbons (Fsp3) is 0.161. The maximum absolute atomic E-state index is 13.6. The van der Waals surface area contributed by atoms with Crippen molar-refractivity contribution in [3.05, 3.63) is 118 Å². The zero-order valence-corrected chi connectivity index (χ0v) is 21.7. The highest BCUT2D eigenvalue weighted by molar-refractivity contribution is 7.99. The summed E-state index contributed by atoms with van der Waals surface area (Å²) in [5, 5.41) is 2.62. The highest BCUT2D eigenvalue weighted by Gasteiger charge is 2.32. The average Bonchev–Trinajstić information content (AvgIpc) is 3.25. The molecule has 0 saturated carbocycles. The van der Waals surface area contributed by atoms with E-state index >= 15 is 0 Å². The maximum atomic E-state index is 13.6. The quantitative estimate of drug-likeness (QED) is 0.238. The second-order valence-electron chi connectivity index (χ2n) is 9.22. The predicted octanol–water partition coefficient (Wildman–Crippen LogP) is 8.02. The molecule has 0 radical (unpaired) electrons. The van der Waals surface area contributed by atoms with E-state index in [9.17, 15) is 22.8 Å². The third-order valence-corrected chi connectivity index (χ3v) is 8.08. The molecule has 0 atom stereocenters. The molecule has 39 heavy (non-hydrogen) atoms. The van der Waals surface area contributed by atoms with E-state index in [0.717, 1.165) is 34.4 Å². The van der Waals surface area contributed by atoms with Gasteiger partial charge in [-0.1, -0.05) is 78.5 Å². The Morgan fingerprint density at radius 3 is 2.21 bits per heavy atom. The van der Waals surface area contributed by atoms with Gasteiger partial charge >= 0.3 is 12.3 Å². The summed E-state index contributed by atoms with van der Waals surface area (Å²) in [6, 6.07) is 24.8. The first kappa shape index (κ1) is 26.6. The van der Waals surface area contributed by atoms with Gasteiger partial charge in [-0.15, -0.1) is 0 Å². The summed E-state index contributed by atoms with van der Waals surface area (Å²) in [6.45, 7) is 1.50. The molecule has 4 aromatic rings. The van der Waals surface area contributed by atoms with Crippen molar-refractivity contribution in [2.75, 3.05) is 6.61 Å². The van der Waals surface area contributed by atoms with Crippen LogP contribution in [0.5, 0.6) is 0 Å².